The van der Waals surface area contributed by atoms with Crippen LogP contribution in [0.25, 0.3) is 0 Å². The maximum absolute atomic E-state index is 13.1. The number of methoxy groups -OCH3 is 1. The molecule has 200 valence electrons. The lowest BCUT2D eigenvalue weighted by Crippen LogP contribution is -2.48. The standard InChI is InChI=1S/C28H34N6O3S/c1-19(27(35)33-12-8-25-21(17-33)9-14-38-25)15-26(30-18-29)32-10-6-22(7-11-32)34-13-5-20-16-23(37-2)3-4-24(20)31-28(34)36/h3-4,9,14-16,18,22H,1,5-8,10-13,17H2,2H3,(H2,29,30)(H,31,36)/b26-15+. The average molecular weight is 535 g/mol. The second-order valence-corrected chi connectivity index (χ2v) is 10.8. The van der Waals surface area contributed by atoms with Gasteiger partial charge in [0.05, 0.1) is 13.4 Å². The van der Waals surface area contributed by atoms with E-state index < -0.39 is 0 Å². The van der Waals surface area contributed by atoms with Gasteiger partial charge in [0, 0.05) is 54.9 Å². The van der Waals surface area contributed by atoms with Crippen LogP contribution in [-0.2, 0) is 24.2 Å². The number of carbonyl (C=O) groups excluding carboxylic acids is 2. The van der Waals surface area contributed by atoms with E-state index in [1.165, 1.54) is 16.8 Å². The summed E-state index contributed by atoms with van der Waals surface area (Å²) in [5.74, 6) is 1.33. The van der Waals surface area contributed by atoms with Crippen molar-refractivity contribution in [3.8, 4) is 5.75 Å². The van der Waals surface area contributed by atoms with Gasteiger partial charge in [-0.2, -0.15) is 0 Å². The van der Waals surface area contributed by atoms with Gasteiger partial charge in [-0.3, -0.25) is 4.79 Å². The molecule has 1 aromatic heterocycles. The van der Waals surface area contributed by atoms with Crippen molar-refractivity contribution in [2.45, 2.75) is 38.3 Å². The summed E-state index contributed by atoms with van der Waals surface area (Å²) in [6, 6.07) is 7.88. The van der Waals surface area contributed by atoms with Crippen molar-refractivity contribution in [3.63, 3.8) is 0 Å². The lowest BCUT2D eigenvalue weighted by molar-refractivity contribution is -0.127. The highest BCUT2D eigenvalue weighted by atomic mass is 32.1. The molecule has 3 aliphatic rings. The van der Waals surface area contributed by atoms with Crippen molar-refractivity contribution < 1.29 is 14.3 Å². The summed E-state index contributed by atoms with van der Waals surface area (Å²) in [7, 11) is 1.65. The SMILES string of the molecule is C=C(/C=C(\N=CN)N1CCC(N2CCc3cc(OC)ccc3NC2=O)CC1)C(=O)N1CCc2sccc2C1. The summed E-state index contributed by atoms with van der Waals surface area (Å²) in [5.41, 5.74) is 9.19. The third-order valence-corrected chi connectivity index (χ3v) is 8.57. The monoisotopic (exact) mass is 534 g/mol. The number of benzene rings is 1. The van der Waals surface area contributed by atoms with Crippen LogP contribution in [0.2, 0.25) is 0 Å². The molecule has 0 aliphatic carbocycles. The molecule has 0 saturated carbocycles. The predicted octanol–water partition coefficient (Wildman–Crippen LogP) is 3.58. The van der Waals surface area contributed by atoms with Crippen molar-refractivity contribution in [2.24, 2.45) is 10.7 Å². The smallest absolute Gasteiger partial charge is 0.322 e. The number of nitrogens with one attached hydrogen (secondary N) is 1. The minimum Gasteiger partial charge on any atom is -0.497 e. The van der Waals surface area contributed by atoms with Crippen LogP contribution in [0.1, 0.15) is 28.8 Å². The molecule has 0 spiro atoms. The number of thiophene rings is 1. The number of urea groups is 1. The van der Waals surface area contributed by atoms with Gasteiger partial charge < -0.3 is 30.5 Å². The van der Waals surface area contributed by atoms with Crippen LogP contribution in [-0.4, -0.2) is 72.3 Å². The molecule has 1 aromatic carbocycles. The molecule has 9 nitrogen and oxygen atoms in total. The van der Waals surface area contributed by atoms with Crippen molar-refractivity contribution in [2.75, 3.05) is 38.6 Å². The quantitative estimate of drug-likeness (QED) is 0.255. The molecule has 3 aliphatic heterocycles. The van der Waals surface area contributed by atoms with Crippen LogP contribution in [0.4, 0.5) is 10.5 Å². The Kier molecular flexibility index (Phi) is 7.69. The van der Waals surface area contributed by atoms with Crippen LogP contribution in [0.3, 0.4) is 0 Å². The molecule has 2 aromatic rings. The van der Waals surface area contributed by atoms with Crippen LogP contribution < -0.4 is 15.8 Å². The fourth-order valence-corrected chi connectivity index (χ4v) is 6.33. The molecule has 1 saturated heterocycles. The first kappa shape index (κ1) is 25.8. The summed E-state index contributed by atoms with van der Waals surface area (Å²) >= 11 is 1.75. The zero-order chi connectivity index (χ0) is 26.6. The first-order valence-electron chi connectivity index (χ1n) is 13.0. The van der Waals surface area contributed by atoms with Gasteiger partial charge in [0.1, 0.15) is 11.6 Å². The molecule has 5 rings (SSSR count). The van der Waals surface area contributed by atoms with E-state index in [0.29, 0.717) is 44.1 Å². The summed E-state index contributed by atoms with van der Waals surface area (Å²) in [6.45, 7) is 7.39. The highest BCUT2D eigenvalue weighted by Gasteiger charge is 2.31. The molecule has 38 heavy (non-hydrogen) atoms. The topological polar surface area (TPSA) is 103 Å². The van der Waals surface area contributed by atoms with Crippen molar-refractivity contribution in [1.82, 2.24) is 14.7 Å². The van der Waals surface area contributed by atoms with Crippen LogP contribution in [0, 0.1) is 0 Å². The molecule has 3 N–H and O–H groups in total. The number of hydrogen-bond donors (Lipinski definition) is 2. The minimum atomic E-state index is -0.0844. The molecular formula is C28H34N6O3S. The number of amides is 3. The van der Waals surface area contributed by atoms with E-state index in [2.05, 4.69) is 33.2 Å². The van der Waals surface area contributed by atoms with Gasteiger partial charge in [-0.1, -0.05) is 6.58 Å². The second kappa shape index (κ2) is 11.3. The number of anilines is 1. The Hall–Kier alpha value is -3.79. The number of rotatable bonds is 6. The van der Waals surface area contributed by atoms with Gasteiger partial charge in [-0.05, 0) is 72.5 Å². The van der Waals surface area contributed by atoms with E-state index in [-0.39, 0.29) is 18.0 Å². The number of nitrogens with two attached hydrogens (primary N) is 1. The Labute approximate surface area is 227 Å². The van der Waals surface area contributed by atoms with E-state index >= 15 is 0 Å². The molecule has 0 radical (unpaired) electrons. The van der Waals surface area contributed by atoms with E-state index in [1.807, 2.05) is 28.0 Å². The maximum atomic E-state index is 13.1. The first-order valence-corrected chi connectivity index (χ1v) is 13.8. The zero-order valence-corrected chi connectivity index (χ0v) is 22.5. The van der Waals surface area contributed by atoms with Gasteiger partial charge in [0.15, 0.2) is 0 Å². The molecular weight excluding hydrogens is 500 g/mol. The lowest BCUT2D eigenvalue weighted by atomic mass is 10.0. The maximum Gasteiger partial charge on any atom is 0.322 e. The Morgan fingerprint density at radius 3 is 2.74 bits per heavy atom. The summed E-state index contributed by atoms with van der Waals surface area (Å²) < 4.78 is 5.35. The highest BCUT2D eigenvalue weighted by Crippen LogP contribution is 2.29. The fraction of sp³-hybridized carbons (Fsp3) is 0.393. The van der Waals surface area contributed by atoms with Gasteiger partial charge in [-0.25, -0.2) is 9.79 Å². The molecule has 0 unspecified atom stereocenters. The van der Waals surface area contributed by atoms with Gasteiger partial charge in [-0.15, -0.1) is 11.3 Å². The van der Waals surface area contributed by atoms with Crippen LogP contribution in [0.5, 0.6) is 5.75 Å². The Balaban J connectivity index is 1.21. The Morgan fingerprint density at radius 1 is 1.16 bits per heavy atom. The predicted molar refractivity (Wildman–Crippen MR) is 150 cm³/mol. The minimum absolute atomic E-state index is 0.0719. The second-order valence-electron chi connectivity index (χ2n) is 9.77. The number of likely N-dealkylation sites (tertiary alicyclic amines) is 1. The number of ether oxygens (including phenoxy) is 1. The molecule has 10 heteroatoms. The van der Waals surface area contributed by atoms with Gasteiger partial charge in [0.25, 0.3) is 5.91 Å². The van der Waals surface area contributed by atoms with E-state index in [1.54, 1.807) is 24.5 Å². The van der Waals surface area contributed by atoms with E-state index in [4.69, 9.17) is 10.5 Å². The molecule has 0 atom stereocenters. The number of hydrogen-bond acceptors (Lipinski definition) is 6. The summed E-state index contributed by atoms with van der Waals surface area (Å²) in [4.78, 5) is 37.8. The normalized spacial score (nSPS) is 18.6. The highest BCUT2D eigenvalue weighted by molar-refractivity contribution is 7.10. The average Bonchev–Trinajstić information content (AvgIpc) is 3.34. The van der Waals surface area contributed by atoms with Crippen LogP contribution in [0.15, 0.2) is 58.7 Å². The molecule has 1 fully saturated rings. The van der Waals surface area contributed by atoms with Gasteiger partial charge in [0.2, 0.25) is 0 Å². The Morgan fingerprint density at radius 2 is 1.97 bits per heavy atom. The zero-order valence-electron chi connectivity index (χ0n) is 21.7. The Bertz CT molecular complexity index is 1280. The van der Waals surface area contributed by atoms with Crippen LogP contribution >= 0.6 is 11.3 Å². The summed E-state index contributed by atoms with van der Waals surface area (Å²) in [6.07, 6.45) is 6.20. The van der Waals surface area contributed by atoms with Crippen molar-refractivity contribution >= 4 is 35.3 Å². The fourth-order valence-electron chi connectivity index (χ4n) is 5.44. The lowest BCUT2D eigenvalue weighted by Gasteiger charge is -2.38. The number of nitrogens with zero attached hydrogens (tertiary/aromatic N) is 4. The van der Waals surface area contributed by atoms with Crippen molar-refractivity contribution in [1.29, 1.82) is 0 Å². The molecule has 4 heterocycles. The number of carbonyl (C=O) groups is 2. The number of aliphatic imine (C=N–C) groups is 1. The van der Waals surface area contributed by atoms with E-state index in [9.17, 15) is 9.59 Å². The third-order valence-electron chi connectivity index (χ3n) is 7.55. The number of piperidine rings is 1. The van der Waals surface area contributed by atoms with Gasteiger partial charge >= 0.3 is 6.03 Å². The van der Waals surface area contributed by atoms with Crippen molar-refractivity contribution in [3.05, 3.63) is 69.7 Å². The third kappa shape index (κ3) is 5.40. The number of fused-ring (bicyclic) bond motifs is 2. The summed E-state index contributed by atoms with van der Waals surface area (Å²) in [5, 5.41) is 5.14. The first-order chi connectivity index (χ1) is 18.5. The van der Waals surface area contributed by atoms with E-state index in [0.717, 1.165) is 42.7 Å². The largest absolute Gasteiger partial charge is 0.497 e. The molecule has 3 amide bonds. The molecule has 0 bridgehead atoms.